The highest BCUT2D eigenvalue weighted by Crippen LogP contribution is 2.15. The van der Waals surface area contributed by atoms with Gasteiger partial charge in [-0.15, -0.1) is 11.6 Å². The Labute approximate surface area is 61.1 Å². The molecule has 4 atom stereocenters. The van der Waals surface area contributed by atoms with Gasteiger partial charge in [0.2, 0.25) is 0 Å². The maximum atomic E-state index is 5.99. The first-order valence-electron chi connectivity index (χ1n) is 3.31. The van der Waals surface area contributed by atoms with Gasteiger partial charge in [0, 0.05) is 0 Å². The summed E-state index contributed by atoms with van der Waals surface area (Å²) in [4.78, 5) is 0. The van der Waals surface area contributed by atoms with E-state index in [4.69, 9.17) is 11.6 Å². The van der Waals surface area contributed by atoms with Crippen molar-refractivity contribution in [2.45, 2.75) is 31.3 Å². The third-order valence-corrected chi connectivity index (χ3v) is 2.75. The zero-order valence-electron chi connectivity index (χ0n) is 6.06. The molecular weight excluding hydrogens is 136 g/mol. The Morgan fingerprint density at radius 3 is 2.11 bits per heavy atom. The van der Waals surface area contributed by atoms with Crippen molar-refractivity contribution in [3.63, 3.8) is 0 Å². The van der Waals surface area contributed by atoms with E-state index in [-0.39, 0.29) is 5.38 Å². The molecule has 2 nitrogen and oxygen atoms in total. The second-order valence-corrected chi connectivity index (χ2v) is 3.25. The number of hydrogen-bond acceptors (Lipinski definition) is 0. The molecule has 0 aliphatic carbocycles. The van der Waals surface area contributed by atoms with E-state index in [1.807, 2.05) is 7.05 Å². The first-order chi connectivity index (χ1) is 4.13. The van der Waals surface area contributed by atoms with Gasteiger partial charge in [-0.05, 0) is 6.92 Å². The molecule has 1 rings (SSSR count). The normalized spacial score (nSPS) is 52.0. The van der Waals surface area contributed by atoms with Crippen molar-refractivity contribution < 1.29 is 5.01 Å². The molecule has 0 aromatic carbocycles. The molecule has 3 heteroatoms. The van der Waals surface area contributed by atoms with Crippen LogP contribution in [0.15, 0.2) is 0 Å². The van der Waals surface area contributed by atoms with Crippen LogP contribution in [0, 0.1) is 0 Å². The van der Waals surface area contributed by atoms with Crippen LogP contribution in [0.25, 0.3) is 5.43 Å². The van der Waals surface area contributed by atoms with Gasteiger partial charge in [-0.1, -0.05) is 13.0 Å². The van der Waals surface area contributed by atoms with Gasteiger partial charge in [-0.25, -0.2) is 0 Å². The average molecular weight is 149 g/mol. The number of quaternary nitrogens is 1. The van der Waals surface area contributed by atoms with Gasteiger partial charge in [-0.2, -0.15) is 0 Å². The second kappa shape index (κ2) is 2.45. The fourth-order valence-corrected chi connectivity index (χ4v) is 1.40. The molecule has 0 spiro atoms. The Morgan fingerprint density at radius 2 is 2.00 bits per heavy atom. The molecule has 0 amide bonds. The van der Waals surface area contributed by atoms with Crippen LogP contribution in [0.3, 0.4) is 0 Å². The van der Waals surface area contributed by atoms with Gasteiger partial charge in [-0.3, -0.25) is 0 Å². The van der Waals surface area contributed by atoms with Crippen LogP contribution in [0.5, 0.6) is 0 Å². The van der Waals surface area contributed by atoms with Crippen molar-refractivity contribution in [1.29, 1.82) is 0 Å². The van der Waals surface area contributed by atoms with E-state index in [0.717, 1.165) is 0 Å². The van der Waals surface area contributed by atoms with E-state index in [1.54, 1.807) is 0 Å². The molecule has 0 radical (unpaired) electrons. The van der Waals surface area contributed by atoms with Gasteiger partial charge in [0.05, 0.1) is 18.5 Å². The van der Waals surface area contributed by atoms with Gasteiger partial charge in [0.1, 0.15) is 0 Å². The third-order valence-electron chi connectivity index (χ3n) is 2.00. The van der Waals surface area contributed by atoms with Gasteiger partial charge >= 0.3 is 0 Å². The molecule has 1 N–H and O–H groups in total. The molecule has 0 saturated carbocycles. The Hall–Kier alpha value is 0.210. The molecule has 0 aromatic heterocycles. The Kier molecular flexibility index (Phi) is 1.99. The number of nitrogens with zero attached hydrogens (tertiary/aromatic N) is 1. The van der Waals surface area contributed by atoms with Crippen LogP contribution in [-0.4, -0.2) is 24.5 Å². The Morgan fingerprint density at radius 1 is 1.44 bits per heavy atom. The fourth-order valence-electron chi connectivity index (χ4n) is 1.16. The molecule has 1 aliphatic heterocycles. The zero-order valence-corrected chi connectivity index (χ0v) is 6.81. The van der Waals surface area contributed by atoms with E-state index in [2.05, 4.69) is 19.3 Å². The van der Waals surface area contributed by atoms with Crippen molar-refractivity contribution in [1.82, 2.24) is 0 Å². The Bertz CT molecular complexity index is 95.2. The van der Waals surface area contributed by atoms with E-state index in [9.17, 15) is 0 Å². The molecule has 4 unspecified atom stereocenters. The number of halogens is 1. The summed E-state index contributed by atoms with van der Waals surface area (Å²) in [5, 5.41) is 1.42. The predicted octanol–water partition coefficient (Wildman–Crippen LogP) is 0.188. The topological polar surface area (TPSA) is 18.5 Å². The van der Waals surface area contributed by atoms with Crippen LogP contribution in [0.4, 0.5) is 0 Å². The molecule has 1 heterocycles. The number of alkyl halides is 1. The smallest absolute Gasteiger partial charge is 0.0909 e. The van der Waals surface area contributed by atoms with Crippen LogP contribution in [-0.2, 0) is 0 Å². The molecule has 0 bridgehead atoms. The third kappa shape index (κ3) is 1.20. The molecule has 1 saturated heterocycles. The lowest BCUT2D eigenvalue weighted by Crippen LogP contribution is -3.07. The van der Waals surface area contributed by atoms with Crippen LogP contribution < -0.4 is 5.01 Å². The molecule has 0 aromatic rings. The SMILES string of the molecule is CC1[N-][NH+](C)C(C)C1Cl. The summed E-state index contributed by atoms with van der Waals surface area (Å²) in [6, 6.07) is 0.795. The zero-order chi connectivity index (χ0) is 7.02. The monoisotopic (exact) mass is 148 g/mol. The van der Waals surface area contributed by atoms with Crippen LogP contribution >= 0.6 is 11.6 Å². The second-order valence-electron chi connectivity index (χ2n) is 2.74. The first-order valence-corrected chi connectivity index (χ1v) is 3.75. The summed E-state index contributed by atoms with van der Waals surface area (Å²) in [6.07, 6.45) is 0. The highest BCUT2D eigenvalue weighted by Gasteiger charge is 2.27. The van der Waals surface area contributed by atoms with Gasteiger partial charge in [0.25, 0.3) is 0 Å². The number of rotatable bonds is 0. The standard InChI is InChI=1S/C6H13ClN2/c1-4-6(7)5(2)9(3)8-4/h4-6,9H,1-3H3. The summed E-state index contributed by atoms with van der Waals surface area (Å²) in [5.74, 6) is 0. The van der Waals surface area contributed by atoms with E-state index in [0.29, 0.717) is 12.1 Å². The highest BCUT2D eigenvalue weighted by atomic mass is 35.5. The predicted molar refractivity (Wildman–Crippen MR) is 38.8 cm³/mol. The van der Waals surface area contributed by atoms with Crippen molar-refractivity contribution in [3.05, 3.63) is 5.43 Å². The Balaban J connectivity index is 2.54. The maximum Gasteiger partial charge on any atom is 0.0909 e. The maximum absolute atomic E-state index is 5.99. The van der Waals surface area contributed by atoms with Crippen LogP contribution in [0.2, 0.25) is 0 Å². The van der Waals surface area contributed by atoms with Crippen molar-refractivity contribution in [3.8, 4) is 0 Å². The van der Waals surface area contributed by atoms with E-state index >= 15 is 0 Å². The minimum Gasteiger partial charge on any atom is -0.450 e. The van der Waals surface area contributed by atoms with Gasteiger partial charge < -0.3 is 10.4 Å². The lowest BCUT2D eigenvalue weighted by Gasteiger charge is -2.22. The summed E-state index contributed by atoms with van der Waals surface area (Å²) in [5.41, 5.74) is 4.34. The molecule has 54 valence electrons. The van der Waals surface area contributed by atoms with E-state index in [1.165, 1.54) is 5.01 Å². The summed E-state index contributed by atoms with van der Waals surface area (Å²) in [7, 11) is 2.05. The van der Waals surface area contributed by atoms with Crippen molar-refractivity contribution in [2.75, 3.05) is 7.05 Å². The molecule has 1 aliphatic rings. The molecule has 9 heavy (non-hydrogen) atoms. The van der Waals surface area contributed by atoms with Crippen LogP contribution in [0.1, 0.15) is 13.8 Å². The quantitative estimate of drug-likeness (QED) is 0.473. The van der Waals surface area contributed by atoms with E-state index < -0.39 is 0 Å². The first kappa shape index (κ1) is 7.32. The highest BCUT2D eigenvalue weighted by molar-refractivity contribution is 6.21. The largest absolute Gasteiger partial charge is 0.450 e. The lowest BCUT2D eigenvalue weighted by molar-refractivity contribution is -0.855. The number of nitrogens with one attached hydrogen (secondary N) is 1. The average Bonchev–Trinajstić information content (AvgIpc) is 1.98. The minimum absolute atomic E-state index is 0.227. The summed E-state index contributed by atoms with van der Waals surface area (Å²) < 4.78 is 0. The lowest BCUT2D eigenvalue weighted by atomic mass is 10.2. The molecular formula is C6H13ClN2. The molecule has 1 fully saturated rings. The fraction of sp³-hybridized carbons (Fsp3) is 1.00. The van der Waals surface area contributed by atoms with Crippen molar-refractivity contribution in [2.24, 2.45) is 0 Å². The minimum atomic E-state index is 0.227. The van der Waals surface area contributed by atoms with Gasteiger partial charge in [0.15, 0.2) is 0 Å². The number of hydrogen-bond donors (Lipinski definition) is 1. The van der Waals surface area contributed by atoms with Crippen molar-refractivity contribution >= 4 is 11.6 Å². The summed E-state index contributed by atoms with van der Waals surface area (Å²) in [6.45, 7) is 4.19. The summed E-state index contributed by atoms with van der Waals surface area (Å²) >= 11 is 5.99.